The number of hydrogen-bond acceptors (Lipinski definition) is 5. The number of carbonyl (C=O) groups excluding carboxylic acids is 1. The SMILES string of the molecule is COC(=O)c1cc(COc2cccc(N)c2)cc(-c2cccc(C(=N)N)c2)c1. The summed E-state index contributed by atoms with van der Waals surface area (Å²) in [5.41, 5.74) is 15.5. The predicted octanol–water partition coefficient (Wildman–Crippen LogP) is 3.59. The van der Waals surface area contributed by atoms with Crippen molar-refractivity contribution in [3.05, 3.63) is 83.4 Å². The Morgan fingerprint density at radius 1 is 0.964 bits per heavy atom. The van der Waals surface area contributed by atoms with Crippen molar-refractivity contribution in [2.45, 2.75) is 6.61 Å². The van der Waals surface area contributed by atoms with Crippen molar-refractivity contribution in [3.8, 4) is 16.9 Å². The monoisotopic (exact) mass is 375 g/mol. The second-order valence-corrected chi connectivity index (χ2v) is 6.27. The van der Waals surface area contributed by atoms with Crippen molar-refractivity contribution in [1.82, 2.24) is 0 Å². The number of esters is 1. The van der Waals surface area contributed by atoms with Crippen molar-refractivity contribution < 1.29 is 14.3 Å². The Morgan fingerprint density at radius 2 is 1.71 bits per heavy atom. The van der Waals surface area contributed by atoms with Crippen LogP contribution in [0.25, 0.3) is 11.1 Å². The van der Waals surface area contributed by atoms with Crippen molar-refractivity contribution in [2.75, 3.05) is 12.8 Å². The molecule has 5 N–H and O–H groups in total. The Balaban J connectivity index is 1.96. The maximum absolute atomic E-state index is 12.1. The molecule has 0 unspecified atom stereocenters. The summed E-state index contributed by atoms with van der Waals surface area (Å²) in [5, 5.41) is 7.63. The lowest BCUT2D eigenvalue weighted by atomic mass is 9.98. The van der Waals surface area contributed by atoms with Crippen molar-refractivity contribution >= 4 is 17.5 Å². The number of amidine groups is 1. The second kappa shape index (κ2) is 8.26. The van der Waals surface area contributed by atoms with Crippen molar-refractivity contribution in [3.63, 3.8) is 0 Å². The minimum absolute atomic E-state index is 0.0174. The number of benzene rings is 3. The number of hydrogen-bond donors (Lipinski definition) is 3. The third-order valence-electron chi connectivity index (χ3n) is 4.18. The lowest BCUT2D eigenvalue weighted by Crippen LogP contribution is -2.10. The van der Waals surface area contributed by atoms with Gasteiger partial charge in [0.1, 0.15) is 18.2 Å². The van der Waals surface area contributed by atoms with Gasteiger partial charge in [-0.3, -0.25) is 5.41 Å². The van der Waals surface area contributed by atoms with Gasteiger partial charge in [0.2, 0.25) is 0 Å². The fourth-order valence-electron chi connectivity index (χ4n) is 2.81. The van der Waals surface area contributed by atoms with E-state index in [1.807, 2.05) is 30.3 Å². The molecule has 6 heteroatoms. The summed E-state index contributed by atoms with van der Waals surface area (Å²) in [5.74, 6) is 0.189. The Bertz CT molecular complexity index is 1030. The van der Waals surface area contributed by atoms with Crippen LogP contribution >= 0.6 is 0 Å². The number of methoxy groups -OCH3 is 1. The molecule has 3 rings (SSSR count). The van der Waals surface area contributed by atoms with Crippen LogP contribution in [0.1, 0.15) is 21.5 Å². The number of rotatable bonds is 6. The highest BCUT2D eigenvalue weighted by molar-refractivity contribution is 5.96. The molecule has 0 bridgehead atoms. The highest BCUT2D eigenvalue weighted by atomic mass is 16.5. The van der Waals surface area contributed by atoms with Gasteiger partial charge in [-0.15, -0.1) is 0 Å². The molecule has 6 nitrogen and oxygen atoms in total. The molecule has 0 saturated heterocycles. The molecule has 0 aromatic heterocycles. The van der Waals surface area contributed by atoms with Gasteiger partial charge in [-0.25, -0.2) is 4.79 Å². The van der Waals surface area contributed by atoms with E-state index in [0.29, 0.717) is 22.6 Å². The van der Waals surface area contributed by atoms with Crippen LogP contribution in [0.15, 0.2) is 66.7 Å². The molecule has 3 aromatic rings. The molecular formula is C22H21N3O3. The van der Waals surface area contributed by atoms with E-state index >= 15 is 0 Å². The fraction of sp³-hybridized carbons (Fsp3) is 0.0909. The van der Waals surface area contributed by atoms with Crippen LogP contribution in [0.3, 0.4) is 0 Å². The van der Waals surface area contributed by atoms with E-state index in [9.17, 15) is 4.79 Å². The molecule has 0 fully saturated rings. The first-order valence-electron chi connectivity index (χ1n) is 8.61. The number of ether oxygens (including phenoxy) is 2. The largest absolute Gasteiger partial charge is 0.489 e. The van der Waals surface area contributed by atoms with E-state index in [-0.39, 0.29) is 12.4 Å². The molecular weight excluding hydrogens is 354 g/mol. The van der Waals surface area contributed by atoms with Crippen LogP contribution in [0.2, 0.25) is 0 Å². The number of anilines is 1. The summed E-state index contributed by atoms with van der Waals surface area (Å²) < 4.78 is 10.7. The third kappa shape index (κ3) is 4.48. The fourth-order valence-corrected chi connectivity index (χ4v) is 2.81. The summed E-state index contributed by atoms with van der Waals surface area (Å²) in [6.45, 7) is 0.258. The van der Waals surface area contributed by atoms with Gasteiger partial charge >= 0.3 is 5.97 Å². The van der Waals surface area contributed by atoms with E-state index in [1.165, 1.54) is 7.11 Å². The van der Waals surface area contributed by atoms with Gasteiger partial charge in [-0.1, -0.05) is 24.3 Å². The molecule has 28 heavy (non-hydrogen) atoms. The van der Waals surface area contributed by atoms with Crippen LogP contribution in [-0.4, -0.2) is 18.9 Å². The van der Waals surface area contributed by atoms with Crippen molar-refractivity contribution in [1.29, 1.82) is 5.41 Å². The van der Waals surface area contributed by atoms with Crippen LogP contribution in [0.5, 0.6) is 5.75 Å². The normalized spacial score (nSPS) is 10.3. The van der Waals surface area contributed by atoms with Gasteiger partial charge in [0.25, 0.3) is 0 Å². The molecule has 0 aliphatic rings. The molecule has 0 amide bonds. The minimum Gasteiger partial charge on any atom is -0.489 e. The minimum atomic E-state index is -0.435. The molecule has 0 heterocycles. The summed E-state index contributed by atoms with van der Waals surface area (Å²) in [6, 6.07) is 19.8. The van der Waals surface area contributed by atoms with Gasteiger partial charge in [0.15, 0.2) is 0 Å². The second-order valence-electron chi connectivity index (χ2n) is 6.27. The third-order valence-corrected chi connectivity index (χ3v) is 4.18. The van der Waals surface area contributed by atoms with Gasteiger partial charge < -0.3 is 20.9 Å². The van der Waals surface area contributed by atoms with Crippen LogP contribution < -0.4 is 16.2 Å². The Labute approximate surface area is 163 Å². The highest BCUT2D eigenvalue weighted by Crippen LogP contribution is 2.25. The Morgan fingerprint density at radius 3 is 2.43 bits per heavy atom. The van der Waals surface area contributed by atoms with E-state index < -0.39 is 5.97 Å². The first kappa shape index (κ1) is 19.0. The van der Waals surface area contributed by atoms with Gasteiger partial charge in [0, 0.05) is 17.3 Å². The molecule has 3 aromatic carbocycles. The summed E-state index contributed by atoms with van der Waals surface area (Å²) in [7, 11) is 1.34. The Hall–Kier alpha value is -3.80. The molecule has 0 atom stereocenters. The number of carbonyl (C=O) groups is 1. The highest BCUT2D eigenvalue weighted by Gasteiger charge is 2.11. The molecule has 0 radical (unpaired) electrons. The lowest BCUT2D eigenvalue weighted by molar-refractivity contribution is 0.0600. The zero-order valence-electron chi connectivity index (χ0n) is 15.4. The van der Waals surface area contributed by atoms with Gasteiger partial charge in [-0.2, -0.15) is 0 Å². The molecule has 0 spiro atoms. The number of nitrogens with two attached hydrogens (primary N) is 2. The maximum atomic E-state index is 12.1. The first-order chi connectivity index (χ1) is 13.5. The summed E-state index contributed by atoms with van der Waals surface area (Å²) in [6.07, 6.45) is 0. The summed E-state index contributed by atoms with van der Waals surface area (Å²) in [4.78, 5) is 12.1. The smallest absolute Gasteiger partial charge is 0.337 e. The van der Waals surface area contributed by atoms with E-state index in [1.54, 1.807) is 36.4 Å². The van der Waals surface area contributed by atoms with E-state index in [0.717, 1.165) is 16.7 Å². The predicted molar refractivity (Wildman–Crippen MR) is 109 cm³/mol. The molecule has 142 valence electrons. The standard InChI is InChI=1S/C22H21N3O3/c1-27-22(26)18-9-14(13-28-20-7-3-6-19(23)12-20)8-17(11-18)15-4-2-5-16(10-15)21(24)25/h2-12H,13,23H2,1H3,(H3,24,25). The first-order valence-corrected chi connectivity index (χ1v) is 8.61. The van der Waals surface area contributed by atoms with Crippen LogP contribution in [0.4, 0.5) is 5.69 Å². The number of nitrogens with one attached hydrogen (secondary N) is 1. The van der Waals surface area contributed by atoms with Crippen molar-refractivity contribution in [2.24, 2.45) is 5.73 Å². The average Bonchev–Trinajstić information content (AvgIpc) is 2.71. The van der Waals surface area contributed by atoms with Crippen LogP contribution in [-0.2, 0) is 11.3 Å². The van der Waals surface area contributed by atoms with Gasteiger partial charge in [0.05, 0.1) is 12.7 Å². The van der Waals surface area contributed by atoms with Gasteiger partial charge in [-0.05, 0) is 53.1 Å². The quantitative estimate of drug-likeness (QED) is 0.264. The maximum Gasteiger partial charge on any atom is 0.337 e. The van der Waals surface area contributed by atoms with E-state index in [2.05, 4.69) is 0 Å². The Kier molecular flexibility index (Phi) is 5.60. The summed E-state index contributed by atoms with van der Waals surface area (Å²) >= 11 is 0. The lowest BCUT2D eigenvalue weighted by Gasteiger charge is -2.12. The zero-order chi connectivity index (χ0) is 20.1. The topological polar surface area (TPSA) is 111 Å². The molecule has 0 saturated carbocycles. The van der Waals surface area contributed by atoms with E-state index in [4.69, 9.17) is 26.4 Å². The number of nitrogen functional groups attached to an aromatic ring is 2. The average molecular weight is 375 g/mol. The molecule has 0 aliphatic carbocycles. The zero-order valence-corrected chi connectivity index (χ0v) is 15.4. The van der Waals surface area contributed by atoms with Crippen LogP contribution in [0, 0.1) is 5.41 Å². The molecule has 0 aliphatic heterocycles.